The van der Waals surface area contributed by atoms with E-state index in [0.717, 1.165) is 41.3 Å². The van der Waals surface area contributed by atoms with Gasteiger partial charge in [0.05, 0.1) is 31.9 Å². The van der Waals surface area contributed by atoms with E-state index in [1.807, 2.05) is 36.2 Å². The number of fused-ring (bicyclic) bond motifs is 1. The van der Waals surface area contributed by atoms with E-state index in [1.165, 1.54) is 31.9 Å². The van der Waals surface area contributed by atoms with Gasteiger partial charge in [-0.05, 0) is 68.3 Å². The first-order valence-corrected chi connectivity index (χ1v) is 12.5. The Kier molecular flexibility index (Phi) is 6.84. The predicted octanol–water partition coefficient (Wildman–Crippen LogP) is 4.31. The molecule has 0 unspecified atom stereocenters. The number of amides is 1. The summed E-state index contributed by atoms with van der Waals surface area (Å²) in [7, 11) is 5.08. The van der Waals surface area contributed by atoms with Crippen LogP contribution in [0.25, 0.3) is 5.69 Å². The van der Waals surface area contributed by atoms with E-state index in [2.05, 4.69) is 29.6 Å². The van der Waals surface area contributed by atoms with Crippen LogP contribution in [0.5, 0.6) is 5.75 Å². The molecule has 9 heteroatoms. The van der Waals surface area contributed by atoms with Gasteiger partial charge in [-0.15, -0.1) is 0 Å². The normalized spacial score (nSPS) is 16.7. The van der Waals surface area contributed by atoms with Crippen molar-refractivity contribution < 1.29 is 18.8 Å². The Balaban J connectivity index is 1.48. The number of hydrogen-bond acceptors (Lipinski definition) is 7. The predicted molar refractivity (Wildman–Crippen MR) is 135 cm³/mol. The first-order valence-electron chi connectivity index (χ1n) is 11.8. The lowest BCUT2D eigenvalue weighted by molar-refractivity contribution is -0.160. The number of nitrogens with zero attached hydrogens (tertiary/aromatic N) is 3. The minimum Gasteiger partial charge on any atom is -0.497 e. The van der Waals surface area contributed by atoms with E-state index in [1.54, 1.807) is 11.8 Å². The van der Waals surface area contributed by atoms with E-state index in [-0.39, 0.29) is 11.3 Å². The van der Waals surface area contributed by atoms with Crippen molar-refractivity contribution in [2.75, 3.05) is 39.3 Å². The quantitative estimate of drug-likeness (QED) is 0.270. The number of carbonyl (C=O) groups is 1. The lowest BCUT2D eigenvalue weighted by Crippen LogP contribution is -2.43. The first kappa shape index (κ1) is 23.9. The third kappa shape index (κ3) is 4.33. The van der Waals surface area contributed by atoms with Crippen LogP contribution in [0, 0.1) is 0 Å². The average molecular weight is 495 g/mol. The molecule has 3 aromatic rings. The van der Waals surface area contributed by atoms with Gasteiger partial charge >= 0.3 is 0 Å². The molecular weight excluding hydrogens is 464 g/mol. The lowest BCUT2D eigenvalue weighted by atomic mass is 9.64. The molecule has 0 atom stereocenters. The van der Waals surface area contributed by atoms with Gasteiger partial charge in [-0.25, -0.2) is 9.57 Å². The summed E-state index contributed by atoms with van der Waals surface area (Å²) in [4.78, 5) is 20.4. The molecule has 1 aliphatic heterocycles. The van der Waals surface area contributed by atoms with E-state index in [9.17, 15) is 4.79 Å². The molecule has 2 aliphatic rings. The lowest BCUT2D eigenvalue weighted by Gasteiger charge is -2.42. The molecule has 1 amide bonds. The third-order valence-corrected chi connectivity index (χ3v) is 7.78. The number of ether oxygens (including phenoxy) is 1. The molecular formula is C26H30N4O4S. The molecule has 0 radical (unpaired) electrons. The van der Waals surface area contributed by atoms with E-state index >= 15 is 0 Å². The van der Waals surface area contributed by atoms with Gasteiger partial charge in [0.25, 0.3) is 5.91 Å². The molecule has 1 aromatic heterocycles. The molecule has 1 aliphatic carbocycles. The topological polar surface area (TPSA) is 77.8 Å². The summed E-state index contributed by atoms with van der Waals surface area (Å²) in [6, 6.07) is 16.0. The standard InChI is InChI=1S/C26H30N4O4S/c1-27-17-26(14-4-15-26)18-5-7-19(8-6-18)29-16-13-22-23(25(29)31)30(28-24(22)35-34-33-3)20-9-11-21(32-2)12-10-20/h5-12,27H,4,13-17H2,1-3H3. The van der Waals surface area contributed by atoms with Gasteiger partial charge in [-0.2, -0.15) is 9.43 Å². The SMILES string of the molecule is CNCC1(c2ccc(N3CCc4c(SOOC)nn(-c5ccc(OC)cc5)c4C3=O)cc2)CCC1. The first-order chi connectivity index (χ1) is 17.1. The highest BCUT2D eigenvalue weighted by atomic mass is 32.2. The fourth-order valence-electron chi connectivity index (χ4n) is 5.12. The zero-order valence-corrected chi connectivity index (χ0v) is 21.1. The maximum absolute atomic E-state index is 13.8. The highest BCUT2D eigenvalue weighted by Gasteiger charge is 2.38. The molecule has 0 saturated heterocycles. The van der Waals surface area contributed by atoms with Crippen molar-refractivity contribution >= 4 is 23.6 Å². The number of aromatic nitrogens is 2. The smallest absolute Gasteiger partial charge is 0.277 e. The van der Waals surface area contributed by atoms with Gasteiger partial charge in [0.1, 0.15) is 11.4 Å². The van der Waals surface area contributed by atoms with Crippen molar-refractivity contribution in [3.05, 3.63) is 65.4 Å². The maximum Gasteiger partial charge on any atom is 0.277 e. The van der Waals surface area contributed by atoms with E-state index < -0.39 is 0 Å². The molecule has 8 nitrogen and oxygen atoms in total. The Labute approximate surface area is 209 Å². The molecule has 2 aromatic carbocycles. The summed E-state index contributed by atoms with van der Waals surface area (Å²) in [6.07, 6.45) is 4.33. The van der Waals surface area contributed by atoms with Crippen molar-refractivity contribution in [3.63, 3.8) is 0 Å². The molecule has 1 fully saturated rings. The molecule has 0 bridgehead atoms. The van der Waals surface area contributed by atoms with E-state index in [4.69, 9.17) is 19.1 Å². The Hall–Kier alpha value is -2.85. The molecule has 0 spiro atoms. The van der Waals surface area contributed by atoms with Gasteiger partial charge in [-0.1, -0.05) is 18.6 Å². The van der Waals surface area contributed by atoms with Gasteiger partial charge in [0, 0.05) is 29.8 Å². The van der Waals surface area contributed by atoms with Crippen LogP contribution in [0.4, 0.5) is 5.69 Å². The van der Waals surface area contributed by atoms with Crippen LogP contribution in [0.15, 0.2) is 53.6 Å². The number of carbonyl (C=O) groups excluding carboxylic acids is 1. The number of benzene rings is 2. The largest absolute Gasteiger partial charge is 0.497 e. The summed E-state index contributed by atoms with van der Waals surface area (Å²) < 4.78 is 12.1. The van der Waals surface area contributed by atoms with Gasteiger partial charge in [0.2, 0.25) is 0 Å². The number of hydrogen-bond donors (Lipinski definition) is 1. The zero-order valence-electron chi connectivity index (χ0n) is 20.2. The summed E-state index contributed by atoms with van der Waals surface area (Å²) in [5, 5.41) is 8.67. The number of rotatable bonds is 9. The summed E-state index contributed by atoms with van der Waals surface area (Å²) in [6.45, 7) is 1.55. The van der Waals surface area contributed by atoms with Crippen LogP contribution < -0.4 is 15.0 Å². The minimum absolute atomic E-state index is 0.0832. The molecule has 5 rings (SSSR count). The molecule has 2 heterocycles. The molecule has 35 heavy (non-hydrogen) atoms. The highest BCUT2D eigenvalue weighted by Crippen LogP contribution is 2.44. The third-order valence-electron chi connectivity index (χ3n) is 7.09. The molecule has 1 N–H and O–H groups in total. The van der Waals surface area contributed by atoms with Crippen LogP contribution >= 0.6 is 12.0 Å². The zero-order chi connectivity index (χ0) is 24.4. The Morgan fingerprint density at radius 2 is 1.77 bits per heavy atom. The number of likely N-dealkylation sites (N-methyl/N-ethyl adjacent to an activating group) is 1. The number of anilines is 1. The highest BCUT2D eigenvalue weighted by molar-refractivity contribution is 7.94. The second-order valence-corrected chi connectivity index (χ2v) is 9.67. The number of methoxy groups -OCH3 is 1. The second kappa shape index (κ2) is 10.0. The van der Waals surface area contributed by atoms with Crippen molar-refractivity contribution in [1.82, 2.24) is 15.1 Å². The monoisotopic (exact) mass is 494 g/mol. The van der Waals surface area contributed by atoms with Crippen LogP contribution in [0.3, 0.4) is 0 Å². The fourth-order valence-corrected chi connectivity index (χ4v) is 5.67. The fraction of sp³-hybridized carbons (Fsp3) is 0.385. The number of nitrogens with one attached hydrogen (secondary N) is 1. The van der Waals surface area contributed by atoms with Crippen molar-refractivity contribution in [3.8, 4) is 11.4 Å². The maximum atomic E-state index is 13.8. The summed E-state index contributed by atoms with van der Waals surface area (Å²) in [5.74, 6) is 0.655. The van der Waals surface area contributed by atoms with Crippen molar-refractivity contribution in [2.45, 2.75) is 36.1 Å². The van der Waals surface area contributed by atoms with Gasteiger partial charge in [-0.3, -0.25) is 4.79 Å². The van der Waals surface area contributed by atoms with Gasteiger partial charge < -0.3 is 15.0 Å². The van der Waals surface area contributed by atoms with Crippen LogP contribution in [-0.2, 0) is 21.1 Å². The van der Waals surface area contributed by atoms with E-state index in [0.29, 0.717) is 23.7 Å². The van der Waals surface area contributed by atoms with Crippen LogP contribution in [0.1, 0.15) is 40.9 Å². The Bertz CT molecular complexity index is 1190. The average Bonchev–Trinajstić information content (AvgIpc) is 3.25. The van der Waals surface area contributed by atoms with Crippen molar-refractivity contribution in [2.24, 2.45) is 0 Å². The minimum atomic E-state index is -0.0832. The van der Waals surface area contributed by atoms with Crippen LogP contribution in [-0.4, -0.2) is 50.0 Å². The summed E-state index contributed by atoms with van der Waals surface area (Å²) in [5.41, 5.74) is 4.63. The second-order valence-electron chi connectivity index (χ2n) is 8.98. The summed E-state index contributed by atoms with van der Waals surface area (Å²) >= 11 is 1.02. The molecule has 1 saturated carbocycles. The van der Waals surface area contributed by atoms with Crippen molar-refractivity contribution in [1.29, 1.82) is 0 Å². The van der Waals surface area contributed by atoms with Crippen LogP contribution in [0.2, 0.25) is 0 Å². The molecule has 184 valence electrons. The Morgan fingerprint density at radius 3 is 2.37 bits per heavy atom. The van der Waals surface area contributed by atoms with Gasteiger partial charge in [0.15, 0.2) is 5.03 Å². The Morgan fingerprint density at radius 1 is 1.06 bits per heavy atom.